The molecule has 0 radical (unpaired) electrons. The van der Waals surface area contributed by atoms with Crippen molar-refractivity contribution in [3.05, 3.63) is 71.3 Å². The number of carbonyl (C=O) groups is 2. The zero-order valence-electron chi connectivity index (χ0n) is 16.0. The Labute approximate surface area is 161 Å². The summed E-state index contributed by atoms with van der Waals surface area (Å²) in [7, 11) is 0. The standard InChI is InChI=1S/C22H27N3O2/c1-17-8-6-7-11-20(17)21(26)23-18(2)22(27)25-14-12-24(13-15-25)16-19-9-4-3-5-10-19/h3-11,18H,12-16H2,1-2H3,(H,23,26). The van der Waals surface area contributed by atoms with Crippen molar-refractivity contribution in [3.63, 3.8) is 0 Å². The lowest BCUT2D eigenvalue weighted by Gasteiger charge is -2.36. The van der Waals surface area contributed by atoms with E-state index in [2.05, 4.69) is 22.3 Å². The average Bonchev–Trinajstić information content (AvgIpc) is 2.69. The lowest BCUT2D eigenvalue weighted by Crippen LogP contribution is -2.53. The normalized spacial score (nSPS) is 16.0. The number of hydrogen-bond acceptors (Lipinski definition) is 3. The van der Waals surface area contributed by atoms with Crippen LogP contribution in [0.5, 0.6) is 0 Å². The van der Waals surface area contributed by atoms with Crippen LogP contribution in [0, 0.1) is 6.92 Å². The molecule has 2 aromatic carbocycles. The van der Waals surface area contributed by atoms with Crippen molar-refractivity contribution in [3.8, 4) is 0 Å². The lowest BCUT2D eigenvalue weighted by atomic mass is 10.1. The molecule has 1 unspecified atom stereocenters. The number of amides is 2. The molecule has 1 heterocycles. The van der Waals surface area contributed by atoms with Crippen molar-refractivity contribution in [1.82, 2.24) is 15.1 Å². The van der Waals surface area contributed by atoms with Crippen LogP contribution in [-0.4, -0.2) is 53.8 Å². The summed E-state index contributed by atoms with van der Waals surface area (Å²) in [6, 6.07) is 17.3. The highest BCUT2D eigenvalue weighted by Gasteiger charge is 2.26. The van der Waals surface area contributed by atoms with Crippen LogP contribution in [-0.2, 0) is 11.3 Å². The fourth-order valence-electron chi connectivity index (χ4n) is 3.41. The second kappa shape index (κ2) is 8.82. The Morgan fingerprint density at radius 3 is 2.26 bits per heavy atom. The largest absolute Gasteiger partial charge is 0.341 e. The molecule has 2 amide bonds. The van der Waals surface area contributed by atoms with E-state index < -0.39 is 6.04 Å². The number of rotatable bonds is 5. The Kier molecular flexibility index (Phi) is 6.24. The lowest BCUT2D eigenvalue weighted by molar-refractivity contribution is -0.134. The molecule has 0 saturated carbocycles. The van der Waals surface area contributed by atoms with Crippen LogP contribution in [0.2, 0.25) is 0 Å². The fraction of sp³-hybridized carbons (Fsp3) is 0.364. The summed E-state index contributed by atoms with van der Waals surface area (Å²) in [5.74, 6) is -0.215. The van der Waals surface area contributed by atoms with Gasteiger partial charge in [-0.3, -0.25) is 14.5 Å². The van der Waals surface area contributed by atoms with Crippen LogP contribution in [0.4, 0.5) is 0 Å². The van der Waals surface area contributed by atoms with E-state index in [1.807, 2.05) is 48.2 Å². The van der Waals surface area contributed by atoms with Gasteiger partial charge in [0, 0.05) is 38.3 Å². The maximum Gasteiger partial charge on any atom is 0.252 e. The van der Waals surface area contributed by atoms with E-state index in [9.17, 15) is 9.59 Å². The van der Waals surface area contributed by atoms with E-state index in [0.29, 0.717) is 18.7 Å². The first-order chi connectivity index (χ1) is 13.0. The third kappa shape index (κ3) is 4.95. The van der Waals surface area contributed by atoms with Gasteiger partial charge < -0.3 is 10.2 Å². The molecule has 0 spiro atoms. The van der Waals surface area contributed by atoms with E-state index in [4.69, 9.17) is 0 Å². The highest BCUT2D eigenvalue weighted by molar-refractivity contribution is 5.98. The first-order valence-corrected chi connectivity index (χ1v) is 9.46. The Bertz CT molecular complexity index is 783. The van der Waals surface area contributed by atoms with Gasteiger partial charge in [-0.25, -0.2) is 0 Å². The van der Waals surface area contributed by atoms with Crippen LogP contribution < -0.4 is 5.32 Å². The molecular formula is C22H27N3O2. The Morgan fingerprint density at radius 2 is 1.59 bits per heavy atom. The Morgan fingerprint density at radius 1 is 0.963 bits per heavy atom. The van der Waals surface area contributed by atoms with Gasteiger partial charge in [0.25, 0.3) is 5.91 Å². The van der Waals surface area contributed by atoms with Crippen molar-refractivity contribution in [2.24, 2.45) is 0 Å². The summed E-state index contributed by atoms with van der Waals surface area (Å²) in [6.45, 7) is 7.63. The predicted octanol–water partition coefficient (Wildman–Crippen LogP) is 2.46. The predicted molar refractivity (Wildman–Crippen MR) is 106 cm³/mol. The highest BCUT2D eigenvalue weighted by Crippen LogP contribution is 2.11. The minimum absolute atomic E-state index is 0.0173. The molecule has 5 heteroatoms. The number of nitrogens with zero attached hydrogens (tertiary/aromatic N) is 2. The molecule has 0 aromatic heterocycles. The van der Waals surface area contributed by atoms with Gasteiger partial charge >= 0.3 is 0 Å². The van der Waals surface area contributed by atoms with Gasteiger partial charge in [-0.2, -0.15) is 0 Å². The Balaban J connectivity index is 1.50. The summed E-state index contributed by atoms with van der Waals surface area (Å²) >= 11 is 0. The number of aryl methyl sites for hydroxylation is 1. The molecule has 0 aliphatic carbocycles. The molecule has 1 N–H and O–H groups in total. The van der Waals surface area contributed by atoms with Gasteiger partial charge in [0.1, 0.15) is 6.04 Å². The van der Waals surface area contributed by atoms with E-state index in [0.717, 1.165) is 25.2 Å². The zero-order chi connectivity index (χ0) is 19.2. The summed E-state index contributed by atoms with van der Waals surface area (Å²) in [4.78, 5) is 29.3. The van der Waals surface area contributed by atoms with E-state index in [1.54, 1.807) is 13.0 Å². The topological polar surface area (TPSA) is 52.7 Å². The van der Waals surface area contributed by atoms with Gasteiger partial charge in [-0.1, -0.05) is 48.5 Å². The van der Waals surface area contributed by atoms with Gasteiger partial charge in [-0.05, 0) is 31.0 Å². The molecule has 2 aromatic rings. The SMILES string of the molecule is Cc1ccccc1C(=O)NC(C)C(=O)N1CCN(Cc2ccccc2)CC1. The molecule has 0 bridgehead atoms. The van der Waals surface area contributed by atoms with Gasteiger partial charge in [0.15, 0.2) is 0 Å². The number of hydrogen-bond donors (Lipinski definition) is 1. The average molecular weight is 365 g/mol. The highest BCUT2D eigenvalue weighted by atomic mass is 16.2. The number of piperazine rings is 1. The van der Waals surface area contributed by atoms with E-state index in [1.165, 1.54) is 5.56 Å². The minimum Gasteiger partial charge on any atom is -0.341 e. The monoisotopic (exact) mass is 365 g/mol. The molecule has 1 aliphatic rings. The second-order valence-corrected chi connectivity index (χ2v) is 7.10. The molecule has 1 saturated heterocycles. The van der Waals surface area contributed by atoms with Crippen molar-refractivity contribution in [1.29, 1.82) is 0 Å². The Hall–Kier alpha value is -2.66. The molecule has 27 heavy (non-hydrogen) atoms. The van der Waals surface area contributed by atoms with Crippen molar-refractivity contribution in [2.45, 2.75) is 26.4 Å². The van der Waals surface area contributed by atoms with Crippen molar-refractivity contribution in [2.75, 3.05) is 26.2 Å². The van der Waals surface area contributed by atoms with Crippen LogP contribution in [0.15, 0.2) is 54.6 Å². The quantitative estimate of drug-likeness (QED) is 0.886. The molecule has 3 rings (SSSR count). The molecular weight excluding hydrogens is 338 g/mol. The first-order valence-electron chi connectivity index (χ1n) is 9.46. The smallest absolute Gasteiger partial charge is 0.252 e. The van der Waals surface area contributed by atoms with Gasteiger partial charge in [0.05, 0.1) is 0 Å². The first kappa shape index (κ1) is 19.1. The maximum absolute atomic E-state index is 12.7. The molecule has 142 valence electrons. The molecule has 5 nitrogen and oxygen atoms in total. The van der Waals surface area contributed by atoms with Crippen LogP contribution >= 0.6 is 0 Å². The third-order valence-electron chi connectivity index (χ3n) is 5.04. The third-order valence-corrected chi connectivity index (χ3v) is 5.04. The van der Waals surface area contributed by atoms with Crippen LogP contribution in [0.1, 0.15) is 28.4 Å². The second-order valence-electron chi connectivity index (χ2n) is 7.10. The number of benzene rings is 2. The summed E-state index contributed by atoms with van der Waals surface area (Å²) < 4.78 is 0. The van der Waals surface area contributed by atoms with E-state index >= 15 is 0 Å². The van der Waals surface area contributed by atoms with Crippen LogP contribution in [0.3, 0.4) is 0 Å². The van der Waals surface area contributed by atoms with Crippen molar-refractivity contribution < 1.29 is 9.59 Å². The molecule has 1 atom stereocenters. The summed E-state index contributed by atoms with van der Waals surface area (Å²) in [6.07, 6.45) is 0. The van der Waals surface area contributed by atoms with Crippen molar-refractivity contribution >= 4 is 11.8 Å². The summed E-state index contributed by atoms with van der Waals surface area (Å²) in [5, 5.41) is 2.84. The van der Waals surface area contributed by atoms with Crippen LogP contribution in [0.25, 0.3) is 0 Å². The number of carbonyl (C=O) groups excluding carboxylic acids is 2. The minimum atomic E-state index is -0.530. The zero-order valence-corrected chi connectivity index (χ0v) is 16.0. The molecule has 1 aliphatic heterocycles. The maximum atomic E-state index is 12.7. The van der Waals surface area contributed by atoms with Gasteiger partial charge in [-0.15, -0.1) is 0 Å². The fourth-order valence-corrected chi connectivity index (χ4v) is 3.41. The molecule has 1 fully saturated rings. The summed E-state index contributed by atoms with van der Waals surface area (Å²) in [5.41, 5.74) is 2.81. The number of nitrogens with one attached hydrogen (secondary N) is 1. The van der Waals surface area contributed by atoms with E-state index in [-0.39, 0.29) is 11.8 Å². The van der Waals surface area contributed by atoms with Gasteiger partial charge in [0.2, 0.25) is 5.91 Å².